The summed E-state index contributed by atoms with van der Waals surface area (Å²) in [6.07, 6.45) is 0.260. The Morgan fingerprint density at radius 2 is 2.29 bits per heavy atom. The van der Waals surface area contributed by atoms with E-state index in [4.69, 9.17) is 10.6 Å². The number of hydrogen-bond acceptors (Lipinski definition) is 3. The van der Waals surface area contributed by atoms with Gasteiger partial charge in [-0.25, -0.2) is 5.43 Å². The molecule has 0 atom stereocenters. The topological polar surface area (TPSA) is 47.3 Å². The Bertz CT molecular complexity index is 38.7. The van der Waals surface area contributed by atoms with E-state index in [-0.39, 0.29) is 6.10 Å². The number of nitrogens with one attached hydrogen (secondary N) is 1. The van der Waals surface area contributed by atoms with Gasteiger partial charge < -0.3 is 4.74 Å². The van der Waals surface area contributed by atoms with Gasteiger partial charge in [-0.3, -0.25) is 5.84 Å². The molecular weight excluding hydrogens is 92.1 g/mol. The molecule has 0 saturated carbocycles. The molecule has 0 aliphatic heterocycles. The maximum absolute atomic E-state index is 4.95. The van der Waals surface area contributed by atoms with Crippen LogP contribution in [0.15, 0.2) is 0 Å². The summed E-state index contributed by atoms with van der Waals surface area (Å²) in [6, 6.07) is 0. The zero-order valence-electron chi connectivity index (χ0n) is 4.77. The SMILES string of the molecule is CC(C)OCNN. The third-order valence-corrected chi connectivity index (χ3v) is 0.500. The first-order valence-electron chi connectivity index (χ1n) is 2.32. The van der Waals surface area contributed by atoms with Gasteiger partial charge >= 0.3 is 0 Å². The Morgan fingerprint density at radius 1 is 1.71 bits per heavy atom. The monoisotopic (exact) mass is 104 g/mol. The number of hydrazine groups is 1. The highest BCUT2D eigenvalue weighted by atomic mass is 16.5. The van der Waals surface area contributed by atoms with E-state index in [0.717, 1.165) is 0 Å². The van der Waals surface area contributed by atoms with Gasteiger partial charge in [-0.15, -0.1) is 0 Å². The molecule has 7 heavy (non-hydrogen) atoms. The lowest BCUT2D eigenvalue weighted by atomic mass is 10.5. The van der Waals surface area contributed by atoms with Crippen molar-refractivity contribution in [1.82, 2.24) is 5.43 Å². The largest absolute Gasteiger partial charge is 0.362 e. The highest BCUT2D eigenvalue weighted by Gasteiger charge is 1.86. The zero-order chi connectivity index (χ0) is 5.70. The molecule has 3 heteroatoms. The Kier molecular flexibility index (Phi) is 3.98. The Hall–Kier alpha value is -0.120. The molecule has 0 aliphatic carbocycles. The van der Waals surface area contributed by atoms with Crippen molar-refractivity contribution in [2.75, 3.05) is 6.73 Å². The first kappa shape index (κ1) is 6.88. The van der Waals surface area contributed by atoms with Crippen LogP contribution < -0.4 is 11.3 Å². The summed E-state index contributed by atoms with van der Waals surface area (Å²) < 4.78 is 4.95. The van der Waals surface area contributed by atoms with Crippen molar-refractivity contribution >= 4 is 0 Å². The van der Waals surface area contributed by atoms with Crippen molar-refractivity contribution in [3.63, 3.8) is 0 Å². The van der Waals surface area contributed by atoms with Crippen molar-refractivity contribution < 1.29 is 4.74 Å². The maximum Gasteiger partial charge on any atom is 0.109 e. The quantitative estimate of drug-likeness (QED) is 0.297. The number of rotatable bonds is 3. The fraction of sp³-hybridized carbons (Fsp3) is 1.00. The predicted molar refractivity (Wildman–Crippen MR) is 28.4 cm³/mol. The number of hydrogen-bond donors (Lipinski definition) is 2. The smallest absolute Gasteiger partial charge is 0.109 e. The molecule has 0 saturated heterocycles. The van der Waals surface area contributed by atoms with Gasteiger partial charge in [0, 0.05) is 0 Å². The van der Waals surface area contributed by atoms with Gasteiger partial charge in [0.2, 0.25) is 0 Å². The molecule has 0 radical (unpaired) electrons. The lowest BCUT2D eigenvalue weighted by Gasteiger charge is -2.03. The Morgan fingerprint density at radius 3 is 2.43 bits per heavy atom. The molecule has 0 amide bonds. The molecule has 0 rings (SSSR count). The summed E-state index contributed by atoms with van der Waals surface area (Å²) >= 11 is 0. The van der Waals surface area contributed by atoms with Crippen LogP contribution in [-0.2, 0) is 4.74 Å². The van der Waals surface area contributed by atoms with Gasteiger partial charge in [-0.2, -0.15) is 0 Å². The van der Waals surface area contributed by atoms with Crippen LogP contribution in [0.4, 0.5) is 0 Å². The molecule has 44 valence electrons. The standard InChI is InChI=1S/C4H12N2O/c1-4(2)7-3-6-5/h4,6H,3,5H2,1-2H3. The number of nitrogens with two attached hydrogens (primary N) is 1. The van der Waals surface area contributed by atoms with Crippen LogP contribution in [0.2, 0.25) is 0 Å². The van der Waals surface area contributed by atoms with E-state index < -0.39 is 0 Å². The molecule has 0 fully saturated rings. The second-order valence-corrected chi connectivity index (χ2v) is 1.56. The lowest BCUT2D eigenvalue weighted by molar-refractivity contribution is 0.0648. The lowest BCUT2D eigenvalue weighted by Crippen LogP contribution is -2.26. The van der Waals surface area contributed by atoms with Crippen LogP contribution in [0.25, 0.3) is 0 Å². The second-order valence-electron chi connectivity index (χ2n) is 1.56. The maximum atomic E-state index is 4.95. The van der Waals surface area contributed by atoms with E-state index in [9.17, 15) is 0 Å². The van der Waals surface area contributed by atoms with E-state index >= 15 is 0 Å². The molecule has 3 nitrogen and oxygen atoms in total. The van der Waals surface area contributed by atoms with E-state index in [1.807, 2.05) is 13.8 Å². The third kappa shape index (κ3) is 5.88. The molecule has 0 unspecified atom stereocenters. The predicted octanol–water partition coefficient (Wildman–Crippen LogP) is -0.168. The Labute approximate surface area is 43.8 Å². The van der Waals surface area contributed by atoms with Gasteiger partial charge in [-0.1, -0.05) is 0 Å². The van der Waals surface area contributed by atoms with Crippen molar-refractivity contribution in [2.24, 2.45) is 5.84 Å². The number of ether oxygens (including phenoxy) is 1. The average molecular weight is 104 g/mol. The van der Waals surface area contributed by atoms with Gasteiger partial charge in [0.25, 0.3) is 0 Å². The minimum absolute atomic E-state index is 0.260. The first-order chi connectivity index (χ1) is 3.27. The molecular formula is C4H12N2O. The Balaban J connectivity index is 2.68. The fourth-order valence-corrected chi connectivity index (χ4v) is 0.215. The summed E-state index contributed by atoms with van der Waals surface area (Å²) in [5.74, 6) is 4.90. The summed E-state index contributed by atoms with van der Waals surface area (Å²) in [5.41, 5.74) is 2.38. The molecule has 0 aromatic carbocycles. The first-order valence-corrected chi connectivity index (χ1v) is 2.32. The van der Waals surface area contributed by atoms with Crippen molar-refractivity contribution in [3.8, 4) is 0 Å². The van der Waals surface area contributed by atoms with Gasteiger partial charge in [0.05, 0.1) is 6.10 Å². The highest BCUT2D eigenvalue weighted by molar-refractivity contribution is 4.31. The summed E-state index contributed by atoms with van der Waals surface area (Å²) in [7, 11) is 0. The van der Waals surface area contributed by atoms with Crippen molar-refractivity contribution in [3.05, 3.63) is 0 Å². The molecule has 0 aromatic heterocycles. The van der Waals surface area contributed by atoms with E-state index in [2.05, 4.69) is 5.43 Å². The van der Waals surface area contributed by atoms with Crippen LogP contribution in [0, 0.1) is 0 Å². The third-order valence-electron chi connectivity index (χ3n) is 0.500. The molecule has 0 spiro atoms. The average Bonchev–Trinajstić information content (AvgIpc) is 1.61. The summed E-state index contributed by atoms with van der Waals surface area (Å²) in [4.78, 5) is 0. The van der Waals surface area contributed by atoms with Crippen LogP contribution in [-0.4, -0.2) is 12.8 Å². The zero-order valence-corrected chi connectivity index (χ0v) is 4.77. The normalized spacial score (nSPS) is 10.3. The highest BCUT2D eigenvalue weighted by Crippen LogP contribution is 1.81. The van der Waals surface area contributed by atoms with Crippen molar-refractivity contribution in [1.29, 1.82) is 0 Å². The summed E-state index contributed by atoms with van der Waals surface area (Å²) in [6.45, 7) is 4.34. The van der Waals surface area contributed by atoms with Crippen LogP contribution in [0.5, 0.6) is 0 Å². The molecule has 3 N–H and O–H groups in total. The van der Waals surface area contributed by atoms with Crippen LogP contribution in [0.1, 0.15) is 13.8 Å². The van der Waals surface area contributed by atoms with E-state index in [1.54, 1.807) is 0 Å². The van der Waals surface area contributed by atoms with Crippen molar-refractivity contribution in [2.45, 2.75) is 20.0 Å². The minimum atomic E-state index is 0.260. The van der Waals surface area contributed by atoms with Gasteiger partial charge in [-0.05, 0) is 13.8 Å². The fourth-order valence-electron chi connectivity index (χ4n) is 0.215. The molecule has 0 bridgehead atoms. The second kappa shape index (κ2) is 4.05. The molecule has 0 heterocycles. The van der Waals surface area contributed by atoms with E-state index in [0.29, 0.717) is 6.73 Å². The molecule has 0 aromatic rings. The van der Waals surface area contributed by atoms with Gasteiger partial charge in [0.15, 0.2) is 0 Å². The van der Waals surface area contributed by atoms with Crippen LogP contribution >= 0.6 is 0 Å². The molecule has 0 aliphatic rings. The minimum Gasteiger partial charge on any atom is -0.362 e. The van der Waals surface area contributed by atoms with E-state index in [1.165, 1.54) is 0 Å². The van der Waals surface area contributed by atoms with Crippen LogP contribution in [0.3, 0.4) is 0 Å². The summed E-state index contributed by atoms with van der Waals surface area (Å²) in [5, 5.41) is 0. The van der Waals surface area contributed by atoms with Gasteiger partial charge in [0.1, 0.15) is 6.73 Å².